The lowest BCUT2D eigenvalue weighted by molar-refractivity contribution is 0.191. The average molecular weight is 382 g/mol. The van der Waals surface area contributed by atoms with E-state index in [2.05, 4.69) is 22.0 Å². The fourth-order valence-electron chi connectivity index (χ4n) is 4.86. The lowest BCUT2D eigenvalue weighted by Gasteiger charge is -2.40. The van der Waals surface area contributed by atoms with Crippen molar-refractivity contribution in [3.63, 3.8) is 0 Å². The summed E-state index contributed by atoms with van der Waals surface area (Å²) in [5.41, 5.74) is 3.15. The van der Waals surface area contributed by atoms with Crippen LogP contribution in [0.5, 0.6) is 5.75 Å². The van der Waals surface area contributed by atoms with Crippen molar-refractivity contribution in [1.82, 2.24) is 14.3 Å². The number of benzene rings is 1. The van der Waals surface area contributed by atoms with E-state index in [9.17, 15) is 9.90 Å². The van der Waals surface area contributed by atoms with Crippen LogP contribution in [-0.2, 0) is 6.42 Å². The Bertz CT molecular complexity index is 1040. The van der Waals surface area contributed by atoms with Gasteiger partial charge in [-0.2, -0.15) is 0 Å². The topological polar surface area (TPSA) is 57.8 Å². The maximum atomic E-state index is 12.7. The third-order valence-electron chi connectivity index (χ3n) is 6.41. The first-order valence-electron chi connectivity index (χ1n) is 9.57. The highest BCUT2D eigenvalue weighted by Gasteiger charge is 2.47. The molecule has 1 aliphatic carbocycles. The Morgan fingerprint density at radius 1 is 1.26 bits per heavy atom. The monoisotopic (exact) mass is 381 g/mol. The van der Waals surface area contributed by atoms with Crippen molar-refractivity contribution >= 4 is 16.3 Å². The molecule has 140 valence electrons. The van der Waals surface area contributed by atoms with Crippen LogP contribution in [0.3, 0.4) is 0 Å². The van der Waals surface area contributed by atoms with Gasteiger partial charge in [0, 0.05) is 42.5 Å². The van der Waals surface area contributed by atoms with E-state index in [-0.39, 0.29) is 5.56 Å². The third-order valence-corrected chi connectivity index (χ3v) is 7.16. The number of phenols is 1. The first-order valence-corrected chi connectivity index (χ1v) is 10.4. The second kappa shape index (κ2) is 6.46. The summed E-state index contributed by atoms with van der Waals surface area (Å²) in [4.78, 5) is 20.6. The molecule has 1 aromatic carbocycles. The van der Waals surface area contributed by atoms with Gasteiger partial charge in [0.2, 0.25) is 0 Å². The minimum absolute atomic E-state index is 0.0860. The Labute approximate surface area is 161 Å². The molecule has 3 heterocycles. The van der Waals surface area contributed by atoms with E-state index in [0.29, 0.717) is 17.6 Å². The summed E-state index contributed by atoms with van der Waals surface area (Å²) >= 11 is 1.50. The first kappa shape index (κ1) is 17.0. The molecule has 2 aromatic heterocycles. The molecule has 3 aromatic rings. The van der Waals surface area contributed by atoms with E-state index < -0.39 is 0 Å². The molecule has 0 radical (unpaired) electrons. The summed E-state index contributed by atoms with van der Waals surface area (Å²) in [6.07, 6.45) is 3.81. The van der Waals surface area contributed by atoms with Crippen LogP contribution in [0.1, 0.15) is 29.2 Å². The molecule has 1 aliphatic heterocycles. The molecule has 3 unspecified atom stereocenters. The second-order valence-electron chi connectivity index (χ2n) is 7.90. The van der Waals surface area contributed by atoms with Crippen LogP contribution in [0.15, 0.2) is 40.6 Å². The lowest BCUT2D eigenvalue weighted by Crippen LogP contribution is -2.33. The molecule has 2 aliphatic rings. The summed E-state index contributed by atoms with van der Waals surface area (Å²) in [6.45, 7) is 5.10. The fourth-order valence-corrected chi connectivity index (χ4v) is 5.61. The number of fused-ring (bicyclic) bond motifs is 2. The second-order valence-corrected chi connectivity index (χ2v) is 8.78. The summed E-state index contributed by atoms with van der Waals surface area (Å²) in [5.74, 6) is 2.41. The summed E-state index contributed by atoms with van der Waals surface area (Å²) in [6, 6.07) is 7.70. The van der Waals surface area contributed by atoms with Crippen LogP contribution in [-0.4, -0.2) is 39.0 Å². The molecule has 5 rings (SSSR count). The molecule has 6 heteroatoms. The van der Waals surface area contributed by atoms with E-state index in [1.54, 1.807) is 16.5 Å². The van der Waals surface area contributed by atoms with Gasteiger partial charge in [-0.05, 0) is 55.2 Å². The van der Waals surface area contributed by atoms with E-state index in [1.807, 2.05) is 18.5 Å². The molecule has 3 atom stereocenters. The number of hydrogen-bond donors (Lipinski definition) is 1. The van der Waals surface area contributed by atoms with Gasteiger partial charge in [0.25, 0.3) is 5.56 Å². The molecular weight excluding hydrogens is 358 g/mol. The normalized spacial score (nSPS) is 24.9. The van der Waals surface area contributed by atoms with Crippen LogP contribution in [0.4, 0.5) is 0 Å². The number of aromatic nitrogens is 2. The maximum Gasteiger partial charge on any atom is 0.261 e. The average Bonchev–Trinajstić information content (AvgIpc) is 3.22. The van der Waals surface area contributed by atoms with Gasteiger partial charge in [-0.1, -0.05) is 12.1 Å². The molecule has 0 amide bonds. The molecule has 0 bridgehead atoms. The molecule has 1 saturated heterocycles. The van der Waals surface area contributed by atoms with E-state index in [4.69, 9.17) is 0 Å². The third kappa shape index (κ3) is 2.87. The van der Waals surface area contributed by atoms with Gasteiger partial charge < -0.3 is 10.0 Å². The van der Waals surface area contributed by atoms with Crippen LogP contribution >= 0.6 is 11.3 Å². The Morgan fingerprint density at radius 3 is 2.89 bits per heavy atom. The number of hydrogen-bond acceptors (Lipinski definition) is 5. The zero-order chi connectivity index (χ0) is 18.5. The minimum Gasteiger partial charge on any atom is -0.508 e. The van der Waals surface area contributed by atoms with Crippen molar-refractivity contribution in [3.05, 3.63) is 63.0 Å². The number of likely N-dealkylation sites (tertiary alicyclic amines) is 1. The van der Waals surface area contributed by atoms with Crippen LogP contribution < -0.4 is 5.56 Å². The Morgan fingerprint density at radius 2 is 2.07 bits per heavy atom. The zero-order valence-corrected chi connectivity index (χ0v) is 16.2. The molecule has 0 spiro atoms. The van der Waals surface area contributed by atoms with Gasteiger partial charge in [-0.3, -0.25) is 9.20 Å². The van der Waals surface area contributed by atoms with Crippen molar-refractivity contribution < 1.29 is 5.11 Å². The number of thiazole rings is 1. The molecule has 1 saturated carbocycles. The number of phenolic OH excluding ortho intramolecular Hbond substituents is 1. The van der Waals surface area contributed by atoms with Crippen LogP contribution in [0.25, 0.3) is 4.96 Å². The molecular formula is C21H23N3O2S. The van der Waals surface area contributed by atoms with Crippen molar-refractivity contribution in [2.45, 2.75) is 25.7 Å². The summed E-state index contributed by atoms with van der Waals surface area (Å²) in [7, 11) is 0. The van der Waals surface area contributed by atoms with Crippen LogP contribution in [0, 0.1) is 18.8 Å². The van der Waals surface area contributed by atoms with E-state index >= 15 is 0 Å². The van der Waals surface area contributed by atoms with Crippen molar-refractivity contribution in [3.8, 4) is 5.75 Å². The summed E-state index contributed by atoms with van der Waals surface area (Å²) in [5, 5.41) is 11.4. The predicted molar refractivity (Wildman–Crippen MR) is 107 cm³/mol. The Kier molecular flexibility index (Phi) is 4.06. The minimum atomic E-state index is 0.0860. The first-order chi connectivity index (χ1) is 13.1. The standard InChI is InChI=1S/C21H23N3O2S/c1-13-17(20(26)24-8-9-27-21(24)22-13)6-7-23-11-15-10-18(19(15)12-23)14-2-4-16(25)5-3-14/h2-5,8-9,15,18-19,25H,6-7,10-12H2,1H3. The molecule has 1 N–H and O–H groups in total. The SMILES string of the molecule is Cc1nc2sccn2c(=O)c1CCN1CC2CC(c3ccc(O)cc3)C2C1. The van der Waals surface area contributed by atoms with Gasteiger partial charge in [-0.15, -0.1) is 11.3 Å². The fraction of sp³-hybridized carbons (Fsp3) is 0.429. The van der Waals surface area contributed by atoms with Crippen LogP contribution in [0.2, 0.25) is 0 Å². The number of aryl methyl sites for hydroxylation is 1. The maximum absolute atomic E-state index is 12.7. The van der Waals surface area contributed by atoms with Crippen molar-refractivity contribution in [1.29, 1.82) is 0 Å². The number of aromatic hydroxyl groups is 1. The highest BCUT2D eigenvalue weighted by atomic mass is 32.1. The Hall–Kier alpha value is -2.18. The number of nitrogens with zero attached hydrogens (tertiary/aromatic N) is 3. The van der Waals surface area contributed by atoms with Gasteiger partial charge in [-0.25, -0.2) is 4.98 Å². The molecule has 5 nitrogen and oxygen atoms in total. The van der Waals surface area contributed by atoms with Crippen molar-refractivity contribution in [2.24, 2.45) is 11.8 Å². The van der Waals surface area contributed by atoms with Gasteiger partial charge in [0.1, 0.15) is 5.75 Å². The molecule has 27 heavy (non-hydrogen) atoms. The number of rotatable bonds is 4. The smallest absolute Gasteiger partial charge is 0.261 e. The highest BCUT2D eigenvalue weighted by molar-refractivity contribution is 7.15. The van der Waals surface area contributed by atoms with Gasteiger partial charge in [0.05, 0.1) is 0 Å². The van der Waals surface area contributed by atoms with E-state index in [1.165, 1.54) is 23.3 Å². The largest absolute Gasteiger partial charge is 0.508 e. The molecule has 2 fully saturated rings. The van der Waals surface area contributed by atoms with Gasteiger partial charge >= 0.3 is 0 Å². The van der Waals surface area contributed by atoms with E-state index in [0.717, 1.165) is 48.2 Å². The van der Waals surface area contributed by atoms with Gasteiger partial charge in [0.15, 0.2) is 4.96 Å². The summed E-state index contributed by atoms with van der Waals surface area (Å²) < 4.78 is 1.67. The zero-order valence-electron chi connectivity index (χ0n) is 15.3. The lowest BCUT2D eigenvalue weighted by atomic mass is 9.64. The van der Waals surface area contributed by atoms with Crippen molar-refractivity contribution in [2.75, 3.05) is 19.6 Å². The quantitative estimate of drug-likeness (QED) is 0.755. The predicted octanol–water partition coefficient (Wildman–Crippen LogP) is 3.05. The Balaban J connectivity index is 1.26. The highest BCUT2D eigenvalue weighted by Crippen LogP contribution is 2.51.